The molecular formula is C19H36O3. The Morgan fingerprint density at radius 2 is 1.73 bits per heavy atom. The van der Waals surface area contributed by atoms with Crippen LogP contribution < -0.4 is 0 Å². The lowest BCUT2D eigenvalue weighted by Crippen LogP contribution is -2.48. The molecule has 0 aromatic carbocycles. The fraction of sp³-hybridized carbons (Fsp3) is 1.00. The van der Waals surface area contributed by atoms with E-state index in [0.717, 1.165) is 25.7 Å². The van der Waals surface area contributed by atoms with Gasteiger partial charge in [0.15, 0.2) is 6.29 Å². The van der Waals surface area contributed by atoms with Gasteiger partial charge < -0.3 is 14.2 Å². The van der Waals surface area contributed by atoms with E-state index >= 15 is 0 Å². The molecule has 0 N–H and O–H groups in total. The van der Waals surface area contributed by atoms with Crippen LogP contribution in [0.25, 0.3) is 0 Å². The lowest BCUT2D eigenvalue weighted by molar-refractivity contribution is -0.267. The number of ether oxygens (including phenoxy) is 3. The molecule has 0 radical (unpaired) electrons. The molecule has 0 aromatic heterocycles. The van der Waals surface area contributed by atoms with Crippen LogP contribution in [0.3, 0.4) is 0 Å². The Morgan fingerprint density at radius 1 is 1.05 bits per heavy atom. The van der Waals surface area contributed by atoms with Crippen LogP contribution in [0.1, 0.15) is 74.1 Å². The number of hydrogen-bond donors (Lipinski definition) is 0. The third kappa shape index (κ3) is 3.37. The van der Waals surface area contributed by atoms with E-state index < -0.39 is 0 Å². The number of hydrogen-bond acceptors (Lipinski definition) is 3. The molecule has 0 aromatic rings. The summed E-state index contributed by atoms with van der Waals surface area (Å²) in [6, 6.07) is 0. The van der Waals surface area contributed by atoms with Crippen molar-refractivity contribution in [2.24, 2.45) is 17.8 Å². The molecule has 0 bridgehead atoms. The predicted octanol–water partition coefficient (Wildman–Crippen LogP) is 4.78. The minimum absolute atomic E-state index is 0.0915. The first-order valence-electron chi connectivity index (χ1n) is 9.34. The molecule has 0 amide bonds. The van der Waals surface area contributed by atoms with E-state index in [1.807, 2.05) is 0 Å². The maximum absolute atomic E-state index is 6.57. The summed E-state index contributed by atoms with van der Waals surface area (Å²) in [4.78, 5) is 0. The second-order valence-corrected chi connectivity index (χ2v) is 7.75. The molecule has 2 saturated heterocycles. The molecule has 0 aliphatic carbocycles. The molecule has 3 heteroatoms. The van der Waals surface area contributed by atoms with Crippen molar-refractivity contribution in [1.29, 1.82) is 0 Å². The molecule has 130 valence electrons. The normalized spacial score (nSPS) is 49.5. The molecule has 2 heterocycles. The fourth-order valence-electron chi connectivity index (χ4n) is 4.11. The van der Waals surface area contributed by atoms with Crippen LogP contribution in [0.4, 0.5) is 0 Å². The highest BCUT2D eigenvalue weighted by Crippen LogP contribution is 2.43. The standard InChI is InChI=1S/C19H36O3/c1-8-15-11-12(4)13(5)18(20-15)21-17-14(6)16(9-2)22-19(17,7)10-3/h12-18H,8-11H2,1-7H3/t12-,13?,14?,15+,16-,17+,18-,19?/m0/s1. The van der Waals surface area contributed by atoms with Crippen molar-refractivity contribution in [3.63, 3.8) is 0 Å². The third-order valence-electron chi connectivity index (χ3n) is 6.22. The Labute approximate surface area is 137 Å². The third-order valence-corrected chi connectivity index (χ3v) is 6.22. The highest BCUT2D eigenvalue weighted by atomic mass is 16.7. The summed E-state index contributed by atoms with van der Waals surface area (Å²) in [5, 5.41) is 0. The molecule has 8 atom stereocenters. The fourth-order valence-corrected chi connectivity index (χ4v) is 4.11. The molecule has 0 saturated carbocycles. The van der Waals surface area contributed by atoms with Gasteiger partial charge in [0.05, 0.1) is 23.9 Å². The monoisotopic (exact) mass is 312 g/mol. The van der Waals surface area contributed by atoms with Crippen LogP contribution >= 0.6 is 0 Å². The summed E-state index contributed by atoms with van der Waals surface area (Å²) in [5.41, 5.74) is -0.189. The largest absolute Gasteiger partial charge is 0.369 e. The van der Waals surface area contributed by atoms with Crippen molar-refractivity contribution in [1.82, 2.24) is 0 Å². The molecule has 0 spiro atoms. The zero-order chi connectivity index (χ0) is 16.5. The second kappa shape index (κ2) is 7.19. The molecule has 2 fully saturated rings. The Hall–Kier alpha value is -0.120. The van der Waals surface area contributed by atoms with Crippen molar-refractivity contribution in [2.75, 3.05) is 0 Å². The summed E-state index contributed by atoms with van der Waals surface area (Å²) in [6.07, 6.45) is 4.91. The van der Waals surface area contributed by atoms with Crippen molar-refractivity contribution in [3.05, 3.63) is 0 Å². The quantitative estimate of drug-likeness (QED) is 0.731. The maximum Gasteiger partial charge on any atom is 0.161 e. The Balaban J connectivity index is 2.12. The zero-order valence-electron chi connectivity index (χ0n) is 15.6. The van der Waals surface area contributed by atoms with Gasteiger partial charge in [-0.1, -0.05) is 41.5 Å². The van der Waals surface area contributed by atoms with Crippen molar-refractivity contribution in [2.45, 2.75) is 104 Å². The van der Waals surface area contributed by atoms with Crippen molar-refractivity contribution < 1.29 is 14.2 Å². The van der Waals surface area contributed by atoms with E-state index in [0.29, 0.717) is 30.0 Å². The van der Waals surface area contributed by atoms with Gasteiger partial charge in [-0.25, -0.2) is 0 Å². The summed E-state index contributed by atoms with van der Waals surface area (Å²) in [5.74, 6) is 1.51. The summed E-state index contributed by atoms with van der Waals surface area (Å²) in [6.45, 7) is 15.7. The zero-order valence-corrected chi connectivity index (χ0v) is 15.6. The van der Waals surface area contributed by atoms with Gasteiger partial charge in [0.2, 0.25) is 0 Å². The Morgan fingerprint density at radius 3 is 2.27 bits per heavy atom. The molecular weight excluding hydrogens is 276 g/mol. The maximum atomic E-state index is 6.57. The molecule has 3 unspecified atom stereocenters. The van der Waals surface area contributed by atoms with Crippen molar-refractivity contribution in [3.8, 4) is 0 Å². The first-order valence-corrected chi connectivity index (χ1v) is 9.34. The van der Waals surface area contributed by atoms with Gasteiger partial charge >= 0.3 is 0 Å². The van der Waals surface area contributed by atoms with Gasteiger partial charge in [-0.15, -0.1) is 0 Å². The molecule has 2 rings (SSSR count). The molecule has 2 aliphatic rings. The summed E-state index contributed by atoms with van der Waals surface area (Å²) in [7, 11) is 0. The van der Waals surface area contributed by atoms with Gasteiger partial charge in [-0.3, -0.25) is 0 Å². The summed E-state index contributed by atoms with van der Waals surface area (Å²) >= 11 is 0. The van der Waals surface area contributed by atoms with Crippen LogP contribution in [0, 0.1) is 17.8 Å². The van der Waals surface area contributed by atoms with E-state index in [-0.39, 0.29) is 18.0 Å². The Kier molecular flexibility index (Phi) is 5.95. The van der Waals surface area contributed by atoms with Crippen LogP contribution in [0.15, 0.2) is 0 Å². The molecule has 22 heavy (non-hydrogen) atoms. The van der Waals surface area contributed by atoms with E-state index in [1.54, 1.807) is 0 Å². The Bertz CT molecular complexity index is 359. The van der Waals surface area contributed by atoms with Crippen LogP contribution in [0.5, 0.6) is 0 Å². The van der Waals surface area contributed by atoms with E-state index in [1.165, 1.54) is 0 Å². The van der Waals surface area contributed by atoms with E-state index in [4.69, 9.17) is 14.2 Å². The smallest absolute Gasteiger partial charge is 0.161 e. The average Bonchev–Trinajstić information content (AvgIpc) is 2.76. The molecule has 2 aliphatic heterocycles. The van der Waals surface area contributed by atoms with Crippen molar-refractivity contribution >= 4 is 0 Å². The highest BCUT2D eigenvalue weighted by molar-refractivity contribution is 4.98. The minimum atomic E-state index is -0.189. The van der Waals surface area contributed by atoms with Crippen LogP contribution in [0.2, 0.25) is 0 Å². The van der Waals surface area contributed by atoms with Gasteiger partial charge in [0, 0.05) is 11.8 Å². The van der Waals surface area contributed by atoms with Crippen LogP contribution in [-0.2, 0) is 14.2 Å². The molecule has 3 nitrogen and oxygen atoms in total. The average molecular weight is 312 g/mol. The van der Waals surface area contributed by atoms with Gasteiger partial charge in [-0.2, -0.15) is 0 Å². The summed E-state index contributed by atoms with van der Waals surface area (Å²) < 4.78 is 19.2. The van der Waals surface area contributed by atoms with E-state index in [2.05, 4.69) is 48.5 Å². The second-order valence-electron chi connectivity index (χ2n) is 7.75. The van der Waals surface area contributed by atoms with Gasteiger partial charge in [0.25, 0.3) is 0 Å². The SMILES string of the molecule is CC[C@@H]1C[C@H](C)C(C)[C@H](O[C@@H]2C(C)[C@H](CC)OC2(C)CC)O1. The number of rotatable bonds is 5. The first-order chi connectivity index (χ1) is 10.4. The topological polar surface area (TPSA) is 27.7 Å². The highest BCUT2D eigenvalue weighted by Gasteiger charge is 2.51. The predicted molar refractivity (Wildman–Crippen MR) is 89.8 cm³/mol. The van der Waals surface area contributed by atoms with Gasteiger partial charge in [0.1, 0.15) is 0 Å². The van der Waals surface area contributed by atoms with Gasteiger partial charge in [-0.05, 0) is 38.5 Å². The minimum Gasteiger partial charge on any atom is -0.369 e. The first kappa shape index (κ1) is 18.2. The lowest BCUT2D eigenvalue weighted by atomic mass is 9.85. The lowest BCUT2D eigenvalue weighted by Gasteiger charge is -2.42. The van der Waals surface area contributed by atoms with Crippen LogP contribution in [-0.4, -0.2) is 30.2 Å². The van der Waals surface area contributed by atoms with E-state index in [9.17, 15) is 0 Å².